The Hall–Kier alpha value is -1.51. The zero-order valence-electron chi connectivity index (χ0n) is 10.4. The molecule has 3 nitrogen and oxygen atoms in total. The number of amides is 1. The zero-order chi connectivity index (χ0) is 12.7. The molecule has 0 aliphatic heterocycles. The number of hydrogen-bond donors (Lipinski definition) is 2. The first-order valence-corrected chi connectivity index (χ1v) is 6.23. The maximum atomic E-state index is 11.4. The van der Waals surface area contributed by atoms with Crippen LogP contribution in [0.1, 0.15) is 50.5 Å². The van der Waals surface area contributed by atoms with Crippen molar-refractivity contribution in [3.8, 4) is 5.75 Å². The molecule has 0 spiro atoms. The monoisotopic (exact) mass is 235 g/mol. The third-order valence-corrected chi connectivity index (χ3v) is 2.96. The van der Waals surface area contributed by atoms with E-state index in [-0.39, 0.29) is 17.6 Å². The van der Waals surface area contributed by atoms with E-state index in [1.807, 2.05) is 6.07 Å². The van der Waals surface area contributed by atoms with E-state index < -0.39 is 0 Å². The molecule has 1 amide bonds. The van der Waals surface area contributed by atoms with Crippen molar-refractivity contribution in [1.82, 2.24) is 0 Å². The molecule has 1 aromatic carbocycles. The molecule has 94 valence electrons. The Labute approximate surface area is 103 Å². The topological polar surface area (TPSA) is 63.3 Å². The maximum Gasteiger partial charge on any atom is 0.224 e. The number of hydrogen-bond acceptors (Lipinski definition) is 2. The second kappa shape index (κ2) is 6.94. The Morgan fingerprint density at radius 3 is 2.71 bits per heavy atom. The van der Waals surface area contributed by atoms with Crippen LogP contribution in [-0.2, 0) is 4.79 Å². The SMILES string of the molecule is CCCCCCC(C(N)=O)c1cccc(O)c1. The molecule has 1 aromatic rings. The van der Waals surface area contributed by atoms with Crippen molar-refractivity contribution >= 4 is 5.91 Å². The molecule has 1 atom stereocenters. The number of phenols is 1. The second-order valence-corrected chi connectivity index (χ2v) is 4.40. The molecule has 0 saturated heterocycles. The Morgan fingerprint density at radius 2 is 2.12 bits per heavy atom. The van der Waals surface area contributed by atoms with Crippen LogP contribution in [0.3, 0.4) is 0 Å². The van der Waals surface area contributed by atoms with Crippen LogP contribution in [0, 0.1) is 0 Å². The summed E-state index contributed by atoms with van der Waals surface area (Å²) in [6.45, 7) is 2.15. The van der Waals surface area contributed by atoms with Crippen molar-refractivity contribution in [2.75, 3.05) is 0 Å². The average molecular weight is 235 g/mol. The minimum atomic E-state index is -0.313. The minimum absolute atomic E-state index is 0.183. The van der Waals surface area contributed by atoms with Gasteiger partial charge in [-0.2, -0.15) is 0 Å². The quantitative estimate of drug-likeness (QED) is 0.714. The maximum absolute atomic E-state index is 11.4. The number of carbonyl (C=O) groups is 1. The predicted molar refractivity (Wildman–Crippen MR) is 68.8 cm³/mol. The van der Waals surface area contributed by atoms with Crippen LogP contribution >= 0.6 is 0 Å². The van der Waals surface area contributed by atoms with Crippen molar-refractivity contribution < 1.29 is 9.90 Å². The summed E-state index contributed by atoms with van der Waals surface area (Å²) in [6, 6.07) is 6.80. The summed E-state index contributed by atoms with van der Waals surface area (Å²) >= 11 is 0. The normalized spacial score (nSPS) is 12.3. The standard InChI is InChI=1S/C14H21NO2/c1-2-3-4-5-9-13(14(15)17)11-7-6-8-12(16)10-11/h6-8,10,13,16H,2-5,9H2,1H3,(H2,15,17). The zero-order valence-corrected chi connectivity index (χ0v) is 10.4. The summed E-state index contributed by atoms with van der Waals surface area (Å²) in [5, 5.41) is 9.40. The number of nitrogens with two attached hydrogens (primary N) is 1. The predicted octanol–water partition coefficient (Wildman–Crippen LogP) is 2.93. The van der Waals surface area contributed by atoms with Gasteiger partial charge in [-0.15, -0.1) is 0 Å². The highest BCUT2D eigenvalue weighted by atomic mass is 16.3. The van der Waals surface area contributed by atoms with Crippen LogP contribution in [0.2, 0.25) is 0 Å². The molecule has 0 aliphatic carbocycles. The number of unbranched alkanes of at least 4 members (excludes halogenated alkanes) is 3. The van der Waals surface area contributed by atoms with Gasteiger partial charge in [0, 0.05) is 0 Å². The summed E-state index contributed by atoms with van der Waals surface area (Å²) in [5.74, 6) is -0.409. The number of primary amides is 1. The van der Waals surface area contributed by atoms with Crippen LogP contribution < -0.4 is 5.73 Å². The van der Waals surface area contributed by atoms with Gasteiger partial charge in [0.2, 0.25) is 5.91 Å². The molecule has 1 rings (SSSR count). The van der Waals surface area contributed by atoms with Crippen molar-refractivity contribution in [2.45, 2.75) is 44.9 Å². The first-order valence-electron chi connectivity index (χ1n) is 6.23. The van der Waals surface area contributed by atoms with Crippen LogP contribution in [0.25, 0.3) is 0 Å². The fraction of sp³-hybridized carbons (Fsp3) is 0.500. The molecule has 0 aromatic heterocycles. The van der Waals surface area contributed by atoms with E-state index in [0.29, 0.717) is 0 Å². The lowest BCUT2D eigenvalue weighted by Crippen LogP contribution is -2.21. The van der Waals surface area contributed by atoms with E-state index in [1.165, 1.54) is 12.8 Å². The molecule has 3 N–H and O–H groups in total. The van der Waals surface area contributed by atoms with E-state index in [2.05, 4.69) is 6.92 Å². The smallest absolute Gasteiger partial charge is 0.224 e. The minimum Gasteiger partial charge on any atom is -0.508 e. The van der Waals surface area contributed by atoms with Gasteiger partial charge < -0.3 is 10.8 Å². The van der Waals surface area contributed by atoms with Crippen molar-refractivity contribution in [2.24, 2.45) is 5.73 Å². The second-order valence-electron chi connectivity index (χ2n) is 4.40. The van der Waals surface area contributed by atoms with E-state index in [1.54, 1.807) is 18.2 Å². The highest BCUT2D eigenvalue weighted by Gasteiger charge is 2.17. The van der Waals surface area contributed by atoms with E-state index in [0.717, 1.165) is 24.8 Å². The van der Waals surface area contributed by atoms with Crippen LogP contribution in [0.15, 0.2) is 24.3 Å². The van der Waals surface area contributed by atoms with E-state index in [4.69, 9.17) is 5.73 Å². The molecule has 0 fully saturated rings. The summed E-state index contributed by atoms with van der Waals surface area (Å²) in [5.41, 5.74) is 6.23. The Morgan fingerprint density at radius 1 is 1.35 bits per heavy atom. The van der Waals surface area contributed by atoms with E-state index >= 15 is 0 Å². The van der Waals surface area contributed by atoms with Gasteiger partial charge in [-0.25, -0.2) is 0 Å². The lowest BCUT2D eigenvalue weighted by molar-refractivity contribution is -0.119. The van der Waals surface area contributed by atoms with Crippen LogP contribution in [-0.4, -0.2) is 11.0 Å². The third-order valence-electron chi connectivity index (χ3n) is 2.96. The Balaban J connectivity index is 2.63. The van der Waals surface area contributed by atoms with Gasteiger partial charge in [-0.1, -0.05) is 44.7 Å². The molecule has 0 bridgehead atoms. The third kappa shape index (κ3) is 4.47. The van der Waals surface area contributed by atoms with Gasteiger partial charge in [-0.3, -0.25) is 4.79 Å². The molecular weight excluding hydrogens is 214 g/mol. The lowest BCUT2D eigenvalue weighted by Gasteiger charge is -2.13. The average Bonchev–Trinajstić information content (AvgIpc) is 2.28. The molecule has 0 radical (unpaired) electrons. The van der Waals surface area contributed by atoms with Gasteiger partial charge in [0.15, 0.2) is 0 Å². The molecular formula is C14H21NO2. The summed E-state index contributed by atoms with van der Waals surface area (Å²) < 4.78 is 0. The molecule has 1 unspecified atom stereocenters. The Bertz CT molecular complexity index is 363. The van der Waals surface area contributed by atoms with Crippen molar-refractivity contribution in [1.29, 1.82) is 0 Å². The van der Waals surface area contributed by atoms with Gasteiger partial charge >= 0.3 is 0 Å². The van der Waals surface area contributed by atoms with Crippen molar-refractivity contribution in [3.05, 3.63) is 29.8 Å². The number of benzene rings is 1. The Kier molecular flexibility index (Phi) is 5.53. The van der Waals surface area contributed by atoms with E-state index in [9.17, 15) is 9.90 Å². The first-order chi connectivity index (χ1) is 8.15. The molecule has 17 heavy (non-hydrogen) atoms. The fourth-order valence-corrected chi connectivity index (χ4v) is 1.99. The van der Waals surface area contributed by atoms with Gasteiger partial charge in [0.25, 0.3) is 0 Å². The largest absolute Gasteiger partial charge is 0.508 e. The molecule has 0 aliphatic rings. The van der Waals surface area contributed by atoms with Crippen LogP contribution in [0.5, 0.6) is 5.75 Å². The number of phenolic OH excluding ortho intramolecular Hbond substituents is 1. The summed E-state index contributed by atoms with van der Waals surface area (Å²) in [6.07, 6.45) is 5.24. The van der Waals surface area contributed by atoms with Gasteiger partial charge in [-0.05, 0) is 24.1 Å². The number of aromatic hydroxyl groups is 1. The molecule has 3 heteroatoms. The molecule has 0 heterocycles. The highest BCUT2D eigenvalue weighted by Crippen LogP contribution is 2.25. The van der Waals surface area contributed by atoms with Gasteiger partial charge in [0.1, 0.15) is 5.75 Å². The summed E-state index contributed by atoms with van der Waals surface area (Å²) in [7, 11) is 0. The van der Waals surface area contributed by atoms with Gasteiger partial charge in [0.05, 0.1) is 5.92 Å². The number of carbonyl (C=O) groups excluding carboxylic acids is 1. The summed E-state index contributed by atoms with van der Waals surface area (Å²) in [4.78, 5) is 11.4. The first kappa shape index (κ1) is 13.6. The lowest BCUT2D eigenvalue weighted by atomic mass is 9.92. The fourth-order valence-electron chi connectivity index (χ4n) is 1.99. The van der Waals surface area contributed by atoms with Crippen molar-refractivity contribution in [3.63, 3.8) is 0 Å². The van der Waals surface area contributed by atoms with Crippen LogP contribution in [0.4, 0.5) is 0 Å². The number of rotatable bonds is 7. The molecule has 0 saturated carbocycles. The highest BCUT2D eigenvalue weighted by molar-refractivity contribution is 5.81.